The van der Waals surface area contributed by atoms with Gasteiger partial charge in [-0.25, -0.2) is 0 Å². The van der Waals surface area contributed by atoms with E-state index in [2.05, 4.69) is 10.6 Å². The lowest BCUT2D eigenvalue weighted by Crippen LogP contribution is -2.37. The summed E-state index contributed by atoms with van der Waals surface area (Å²) in [7, 11) is 0. The predicted octanol–water partition coefficient (Wildman–Crippen LogP) is 3.46. The first kappa shape index (κ1) is 14.4. The van der Waals surface area contributed by atoms with Gasteiger partial charge in [0, 0.05) is 17.3 Å². The van der Waals surface area contributed by atoms with Gasteiger partial charge in [0.2, 0.25) is 5.91 Å². The molecule has 0 spiro atoms. The van der Waals surface area contributed by atoms with Crippen molar-refractivity contribution in [1.29, 1.82) is 0 Å². The Bertz CT molecular complexity index is 554. The molecule has 4 heteroatoms. The molecule has 0 aromatic heterocycles. The molecule has 2 rings (SSSR count). The van der Waals surface area contributed by atoms with Gasteiger partial charge in [-0.05, 0) is 36.8 Å². The Morgan fingerprint density at radius 2 is 1.75 bits per heavy atom. The average Bonchev–Trinajstić information content (AvgIpc) is 2.48. The van der Waals surface area contributed by atoms with Crippen LogP contribution in [0.5, 0.6) is 0 Å². The number of amides is 1. The number of halogens is 1. The zero-order valence-electron chi connectivity index (χ0n) is 11.3. The quantitative estimate of drug-likeness (QED) is 0.885. The number of nitrogens with one attached hydrogen (secondary N) is 2. The van der Waals surface area contributed by atoms with Gasteiger partial charge in [-0.3, -0.25) is 4.79 Å². The van der Waals surface area contributed by atoms with Gasteiger partial charge in [0.25, 0.3) is 0 Å². The standard InChI is InChI=1S/C16H17ClN2O/c1-12(19-15-9-7-14(17)8-10-15)16(20)18-11-13-5-3-2-4-6-13/h2-10,12,19H,11H2,1H3,(H,18,20)/t12-/m0/s1. The topological polar surface area (TPSA) is 41.1 Å². The summed E-state index contributed by atoms with van der Waals surface area (Å²) < 4.78 is 0. The second-order valence-electron chi connectivity index (χ2n) is 4.58. The van der Waals surface area contributed by atoms with E-state index in [1.54, 1.807) is 12.1 Å². The van der Waals surface area contributed by atoms with Crippen LogP contribution in [0.2, 0.25) is 5.02 Å². The van der Waals surface area contributed by atoms with Crippen molar-refractivity contribution in [1.82, 2.24) is 5.32 Å². The van der Waals surface area contributed by atoms with Crippen molar-refractivity contribution >= 4 is 23.2 Å². The molecule has 104 valence electrons. The first-order chi connectivity index (χ1) is 9.65. The van der Waals surface area contributed by atoms with Crippen LogP contribution in [0.15, 0.2) is 54.6 Å². The molecule has 0 fully saturated rings. The smallest absolute Gasteiger partial charge is 0.242 e. The van der Waals surface area contributed by atoms with Crippen molar-refractivity contribution in [2.45, 2.75) is 19.5 Å². The van der Waals surface area contributed by atoms with Gasteiger partial charge in [-0.2, -0.15) is 0 Å². The maximum atomic E-state index is 12.0. The van der Waals surface area contributed by atoms with E-state index in [1.807, 2.05) is 49.4 Å². The zero-order chi connectivity index (χ0) is 14.4. The fourth-order valence-electron chi connectivity index (χ4n) is 1.80. The fraction of sp³-hybridized carbons (Fsp3) is 0.188. The molecule has 0 radical (unpaired) electrons. The Morgan fingerprint density at radius 3 is 2.40 bits per heavy atom. The van der Waals surface area contributed by atoms with Crippen molar-refractivity contribution in [3.05, 3.63) is 65.2 Å². The van der Waals surface area contributed by atoms with E-state index in [-0.39, 0.29) is 11.9 Å². The number of hydrogen-bond donors (Lipinski definition) is 2. The van der Waals surface area contributed by atoms with Crippen LogP contribution in [-0.2, 0) is 11.3 Å². The highest BCUT2D eigenvalue weighted by molar-refractivity contribution is 6.30. The Kier molecular flexibility index (Phi) is 5.02. The number of anilines is 1. The third-order valence-electron chi connectivity index (χ3n) is 2.93. The average molecular weight is 289 g/mol. The van der Waals surface area contributed by atoms with Crippen LogP contribution in [-0.4, -0.2) is 11.9 Å². The number of carbonyl (C=O) groups excluding carboxylic acids is 1. The predicted molar refractivity (Wildman–Crippen MR) is 82.8 cm³/mol. The summed E-state index contributed by atoms with van der Waals surface area (Å²) in [5.41, 5.74) is 1.95. The highest BCUT2D eigenvalue weighted by atomic mass is 35.5. The molecule has 1 atom stereocenters. The van der Waals surface area contributed by atoms with Crippen LogP contribution >= 0.6 is 11.6 Å². The summed E-state index contributed by atoms with van der Waals surface area (Å²) in [5, 5.41) is 6.71. The highest BCUT2D eigenvalue weighted by Crippen LogP contribution is 2.14. The minimum absolute atomic E-state index is 0.0381. The summed E-state index contributed by atoms with van der Waals surface area (Å²) in [4.78, 5) is 12.0. The molecule has 2 aromatic carbocycles. The van der Waals surface area contributed by atoms with Crippen molar-refractivity contribution in [2.75, 3.05) is 5.32 Å². The molecule has 20 heavy (non-hydrogen) atoms. The molecular formula is C16H17ClN2O. The van der Waals surface area contributed by atoms with Crippen LogP contribution < -0.4 is 10.6 Å². The number of carbonyl (C=O) groups is 1. The van der Waals surface area contributed by atoms with Gasteiger partial charge in [-0.1, -0.05) is 41.9 Å². The van der Waals surface area contributed by atoms with E-state index in [0.717, 1.165) is 11.3 Å². The lowest BCUT2D eigenvalue weighted by molar-refractivity contribution is -0.121. The normalized spacial score (nSPS) is 11.7. The molecule has 0 aliphatic rings. The third-order valence-corrected chi connectivity index (χ3v) is 3.18. The largest absolute Gasteiger partial charge is 0.374 e. The van der Waals surface area contributed by atoms with Gasteiger partial charge >= 0.3 is 0 Å². The Morgan fingerprint density at radius 1 is 1.10 bits per heavy atom. The van der Waals surface area contributed by atoms with E-state index in [1.165, 1.54) is 0 Å². The van der Waals surface area contributed by atoms with Crippen LogP contribution in [0.1, 0.15) is 12.5 Å². The van der Waals surface area contributed by atoms with Gasteiger partial charge in [-0.15, -0.1) is 0 Å². The number of benzene rings is 2. The maximum Gasteiger partial charge on any atom is 0.242 e. The number of rotatable bonds is 5. The molecule has 0 unspecified atom stereocenters. The molecule has 0 saturated heterocycles. The lowest BCUT2D eigenvalue weighted by Gasteiger charge is -2.15. The minimum Gasteiger partial charge on any atom is -0.374 e. The Balaban J connectivity index is 1.84. The monoisotopic (exact) mass is 288 g/mol. The minimum atomic E-state index is -0.306. The summed E-state index contributed by atoms with van der Waals surface area (Å²) >= 11 is 5.82. The van der Waals surface area contributed by atoms with Gasteiger partial charge in [0.1, 0.15) is 6.04 Å². The number of hydrogen-bond acceptors (Lipinski definition) is 2. The second-order valence-corrected chi connectivity index (χ2v) is 5.01. The summed E-state index contributed by atoms with van der Waals surface area (Å²) in [6.45, 7) is 2.36. The van der Waals surface area contributed by atoms with Crippen LogP contribution in [0, 0.1) is 0 Å². The SMILES string of the molecule is C[C@H](Nc1ccc(Cl)cc1)C(=O)NCc1ccccc1. The van der Waals surface area contributed by atoms with Crippen molar-refractivity contribution < 1.29 is 4.79 Å². The van der Waals surface area contributed by atoms with E-state index in [4.69, 9.17) is 11.6 Å². The molecule has 0 bridgehead atoms. The molecular weight excluding hydrogens is 272 g/mol. The summed E-state index contributed by atoms with van der Waals surface area (Å²) in [6.07, 6.45) is 0. The Hall–Kier alpha value is -2.00. The first-order valence-electron chi connectivity index (χ1n) is 6.49. The first-order valence-corrected chi connectivity index (χ1v) is 6.86. The van der Waals surface area contributed by atoms with Crippen LogP contribution in [0.25, 0.3) is 0 Å². The highest BCUT2D eigenvalue weighted by Gasteiger charge is 2.11. The molecule has 0 heterocycles. The van der Waals surface area contributed by atoms with Crippen LogP contribution in [0.4, 0.5) is 5.69 Å². The molecule has 0 saturated carbocycles. The maximum absolute atomic E-state index is 12.0. The van der Waals surface area contributed by atoms with E-state index >= 15 is 0 Å². The fourth-order valence-corrected chi connectivity index (χ4v) is 1.93. The van der Waals surface area contributed by atoms with Crippen molar-refractivity contribution in [3.8, 4) is 0 Å². The third kappa shape index (κ3) is 4.28. The molecule has 2 aromatic rings. The summed E-state index contributed by atoms with van der Waals surface area (Å²) in [5.74, 6) is -0.0381. The summed E-state index contributed by atoms with van der Waals surface area (Å²) in [6, 6.07) is 16.8. The zero-order valence-corrected chi connectivity index (χ0v) is 12.0. The molecule has 1 amide bonds. The lowest BCUT2D eigenvalue weighted by atomic mass is 10.2. The van der Waals surface area contributed by atoms with Crippen molar-refractivity contribution in [2.24, 2.45) is 0 Å². The van der Waals surface area contributed by atoms with Gasteiger partial charge in [0.15, 0.2) is 0 Å². The molecule has 3 nitrogen and oxygen atoms in total. The van der Waals surface area contributed by atoms with Gasteiger partial charge in [0.05, 0.1) is 0 Å². The van der Waals surface area contributed by atoms with E-state index in [9.17, 15) is 4.79 Å². The van der Waals surface area contributed by atoms with E-state index < -0.39 is 0 Å². The molecule has 0 aliphatic carbocycles. The second kappa shape index (κ2) is 6.96. The Labute approximate surface area is 124 Å². The van der Waals surface area contributed by atoms with Crippen LogP contribution in [0.3, 0.4) is 0 Å². The molecule has 0 aliphatic heterocycles. The molecule has 2 N–H and O–H groups in total. The van der Waals surface area contributed by atoms with E-state index in [0.29, 0.717) is 11.6 Å². The van der Waals surface area contributed by atoms with Crippen molar-refractivity contribution in [3.63, 3.8) is 0 Å². The van der Waals surface area contributed by atoms with Gasteiger partial charge < -0.3 is 10.6 Å².